The highest BCUT2D eigenvalue weighted by Crippen LogP contribution is 2.34. The van der Waals surface area contributed by atoms with Gasteiger partial charge in [0.1, 0.15) is 12.4 Å². The number of carbonyl (C=O) groups is 1. The molecule has 0 bridgehead atoms. The Bertz CT molecular complexity index is 1160. The number of likely N-dealkylation sites (N-methyl/N-ethyl adjacent to an activating group) is 1. The summed E-state index contributed by atoms with van der Waals surface area (Å²) in [7, 11) is 3.35. The second-order valence-corrected chi connectivity index (χ2v) is 17.9. The quantitative estimate of drug-likeness (QED) is 0.0946. The number of hydrogen-bond donors (Lipinski definition) is 0. The van der Waals surface area contributed by atoms with Gasteiger partial charge in [-0.3, -0.25) is 4.79 Å². The van der Waals surface area contributed by atoms with E-state index in [0.717, 1.165) is 60.9 Å². The maximum absolute atomic E-state index is 12.8. The van der Waals surface area contributed by atoms with E-state index >= 15 is 0 Å². The molecule has 3 rings (SSSR count). The van der Waals surface area contributed by atoms with E-state index in [1.54, 1.807) is 26.1 Å². The van der Waals surface area contributed by atoms with Crippen LogP contribution in [0.5, 0.6) is 5.75 Å². The number of carbonyl (C=O) groups excluding carboxylic acids is 1. The zero-order chi connectivity index (χ0) is 33.9. The van der Waals surface area contributed by atoms with Gasteiger partial charge in [-0.2, -0.15) is 0 Å². The second-order valence-electron chi connectivity index (χ2n) is 12.6. The highest BCUT2D eigenvalue weighted by molar-refractivity contribution is 6.86. The lowest BCUT2D eigenvalue weighted by atomic mass is 10.1. The van der Waals surface area contributed by atoms with Gasteiger partial charge < -0.3 is 33.3 Å². The molecule has 0 aromatic heterocycles. The van der Waals surface area contributed by atoms with Crippen LogP contribution >= 0.6 is 0 Å². The monoisotopic (exact) mass is 669 g/mol. The smallest absolute Gasteiger partial charge is 0.248 e. The molecule has 262 valence electrons. The summed E-state index contributed by atoms with van der Waals surface area (Å²) in [4.78, 5) is 14.4. The third-order valence-electron chi connectivity index (χ3n) is 9.50. The Hall–Kier alpha value is -2.53. The number of methoxy groups -OCH3 is 1. The number of rotatable bonds is 22. The predicted octanol–water partition coefficient (Wildman–Crippen LogP) is 7.57. The predicted molar refractivity (Wildman–Crippen MR) is 190 cm³/mol. The number of hydrogen-bond acceptors (Lipinski definition) is 7. The van der Waals surface area contributed by atoms with Gasteiger partial charge in [-0.15, -0.1) is 0 Å². The van der Waals surface area contributed by atoms with Crippen LogP contribution in [0.2, 0.25) is 18.1 Å². The highest BCUT2D eigenvalue weighted by atomic mass is 28.3. The van der Waals surface area contributed by atoms with E-state index in [2.05, 4.69) is 39.0 Å². The zero-order valence-electron chi connectivity index (χ0n) is 29.7. The molecule has 1 heterocycles. The molecule has 1 aliphatic rings. The van der Waals surface area contributed by atoms with Crippen LogP contribution < -0.4 is 4.74 Å². The van der Waals surface area contributed by atoms with Gasteiger partial charge in [-0.05, 0) is 55.4 Å². The number of ether oxygens (including phenoxy) is 6. The first-order valence-electron chi connectivity index (χ1n) is 17.4. The van der Waals surface area contributed by atoms with E-state index in [0.29, 0.717) is 39.3 Å². The molecule has 2 aromatic carbocycles. The van der Waals surface area contributed by atoms with Gasteiger partial charge in [0.25, 0.3) is 0 Å². The Balaban J connectivity index is 1.88. The molecular formula is C38H59NO7Si. The van der Waals surface area contributed by atoms with Gasteiger partial charge in [0.05, 0.1) is 47.2 Å². The molecule has 0 aliphatic carbocycles. The molecule has 1 fully saturated rings. The Labute approximate surface area is 284 Å². The van der Waals surface area contributed by atoms with E-state index in [-0.39, 0.29) is 31.0 Å². The van der Waals surface area contributed by atoms with Gasteiger partial charge in [0.15, 0.2) is 6.29 Å². The Morgan fingerprint density at radius 2 is 1.64 bits per heavy atom. The van der Waals surface area contributed by atoms with Crippen LogP contribution in [0.4, 0.5) is 0 Å². The van der Waals surface area contributed by atoms with Crippen molar-refractivity contribution >= 4 is 14.0 Å². The first-order valence-corrected chi connectivity index (χ1v) is 20.1. The lowest BCUT2D eigenvalue weighted by molar-refractivity contribution is -0.155. The minimum Gasteiger partial charge on any atom is -0.497 e. The van der Waals surface area contributed by atoms with Crippen molar-refractivity contribution in [2.75, 3.05) is 47.6 Å². The Kier molecular flexibility index (Phi) is 17.7. The average molecular weight is 670 g/mol. The molecule has 9 heteroatoms. The summed E-state index contributed by atoms with van der Waals surface area (Å²) in [6.45, 7) is 9.65. The fourth-order valence-corrected chi connectivity index (χ4v) is 10.1. The maximum Gasteiger partial charge on any atom is 0.248 e. The highest BCUT2D eigenvalue weighted by Gasteiger charge is 2.35. The van der Waals surface area contributed by atoms with Gasteiger partial charge in [-0.1, -0.05) is 92.6 Å². The van der Waals surface area contributed by atoms with E-state index in [4.69, 9.17) is 28.4 Å². The maximum atomic E-state index is 12.8. The van der Waals surface area contributed by atoms with Crippen molar-refractivity contribution < 1.29 is 33.2 Å². The summed E-state index contributed by atoms with van der Waals surface area (Å²) in [6, 6.07) is 21.5. The van der Waals surface area contributed by atoms with Crippen molar-refractivity contribution in [1.29, 1.82) is 0 Å². The van der Waals surface area contributed by atoms with Gasteiger partial charge in [0.2, 0.25) is 5.91 Å². The third-order valence-corrected chi connectivity index (χ3v) is 15.3. The standard InChI is InChI=1S/C38H59NO7Si/c1-7-47(8-2,9-3)34(22-26-44-38-17-13-14-24-43-38)27-36(46-30-37(40)39(4)5)35(23-25-42-28-31-15-11-10-12-16-31)45-29-32-18-20-33(41-6)21-19-32/h10-12,15-16,18-22,35-36,38H,7-9,13-14,17,23-30H2,1-6H3/b34-22-/t35-,36-,38?/m0/s1. The summed E-state index contributed by atoms with van der Waals surface area (Å²) >= 11 is 0. The lowest BCUT2D eigenvalue weighted by Gasteiger charge is -2.36. The van der Waals surface area contributed by atoms with Gasteiger partial charge in [-0.25, -0.2) is 0 Å². The van der Waals surface area contributed by atoms with Crippen molar-refractivity contribution in [3.05, 3.63) is 77.0 Å². The van der Waals surface area contributed by atoms with E-state index < -0.39 is 8.07 Å². The van der Waals surface area contributed by atoms with Crippen LogP contribution in [0.1, 0.15) is 64.0 Å². The average Bonchev–Trinajstić information content (AvgIpc) is 3.11. The summed E-state index contributed by atoms with van der Waals surface area (Å²) in [5, 5.41) is 1.42. The van der Waals surface area contributed by atoms with Crippen LogP contribution in [-0.4, -0.2) is 85.0 Å². The van der Waals surface area contributed by atoms with Crippen LogP contribution in [-0.2, 0) is 41.7 Å². The summed E-state index contributed by atoms with van der Waals surface area (Å²) in [5.74, 6) is 0.733. The van der Waals surface area contributed by atoms with Crippen LogP contribution in [0.3, 0.4) is 0 Å². The Morgan fingerprint density at radius 1 is 0.936 bits per heavy atom. The molecule has 1 aliphatic heterocycles. The topological polar surface area (TPSA) is 75.7 Å². The number of nitrogens with zero attached hydrogens (tertiary/aromatic N) is 1. The molecule has 0 saturated carbocycles. The molecule has 1 saturated heterocycles. The normalized spacial score (nSPS) is 16.9. The van der Waals surface area contributed by atoms with Crippen molar-refractivity contribution in [2.24, 2.45) is 0 Å². The van der Waals surface area contributed by atoms with Crippen molar-refractivity contribution in [1.82, 2.24) is 4.90 Å². The molecule has 8 nitrogen and oxygen atoms in total. The lowest BCUT2D eigenvalue weighted by Crippen LogP contribution is -2.42. The molecule has 1 amide bonds. The van der Waals surface area contributed by atoms with E-state index in [9.17, 15) is 4.79 Å². The first kappa shape index (κ1) is 38.9. The molecular weight excluding hydrogens is 611 g/mol. The number of amides is 1. The second kappa shape index (κ2) is 21.4. The van der Waals surface area contributed by atoms with Crippen LogP contribution in [0, 0.1) is 0 Å². The Morgan fingerprint density at radius 3 is 2.26 bits per heavy atom. The molecule has 0 radical (unpaired) electrons. The molecule has 47 heavy (non-hydrogen) atoms. The van der Waals surface area contributed by atoms with Gasteiger partial charge in [0, 0.05) is 27.3 Å². The zero-order valence-corrected chi connectivity index (χ0v) is 30.7. The van der Waals surface area contributed by atoms with Crippen LogP contribution in [0.25, 0.3) is 0 Å². The van der Waals surface area contributed by atoms with Crippen molar-refractivity contribution in [3.63, 3.8) is 0 Å². The molecule has 3 atom stereocenters. The molecule has 1 unspecified atom stereocenters. The minimum absolute atomic E-state index is 0.0104. The van der Waals surface area contributed by atoms with Gasteiger partial charge >= 0.3 is 0 Å². The summed E-state index contributed by atoms with van der Waals surface area (Å²) in [5.41, 5.74) is 2.17. The van der Waals surface area contributed by atoms with E-state index in [1.807, 2.05) is 42.5 Å². The van der Waals surface area contributed by atoms with E-state index in [1.165, 1.54) is 5.20 Å². The molecule has 0 N–H and O–H groups in total. The molecule has 2 aromatic rings. The fourth-order valence-electron chi connectivity index (χ4n) is 6.13. The van der Waals surface area contributed by atoms with Crippen LogP contribution in [0.15, 0.2) is 65.9 Å². The summed E-state index contributed by atoms with van der Waals surface area (Å²) in [6.07, 6.45) is 5.99. The first-order chi connectivity index (χ1) is 22.8. The molecule has 0 spiro atoms. The summed E-state index contributed by atoms with van der Waals surface area (Å²) < 4.78 is 36.8. The largest absolute Gasteiger partial charge is 0.497 e. The third kappa shape index (κ3) is 13.1. The van der Waals surface area contributed by atoms with Crippen molar-refractivity contribution in [2.45, 2.75) is 103 Å². The SMILES string of the molecule is CC[Si](CC)(CC)/C(=C\COC1CCCCO1)C[C@H](OCC(=O)N(C)C)[C@H](CCOCc1ccccc1)OCc1ccc(OC)cc1. The minimum atomic E-state index is -1.84. The fraction of sp³-hybridized carbons (Fsp3) is 0.605. The number of benzene rings is 2. The van der Waals surface area contributed by atoms with Crippen molar-refractivity contribution in [3.8, 4) is 5.75 Å².